The van der Waals surface area contributed by atoms with Crippen LogP contribution in [0.3, 0.4) is 0 Å². The molecule has 194 valence electrons. The number of unbranched alkanes of at least 4 members (excludes halogenated alkanes) is 2. The van der Waals surface area contributed by atoms with Crippen LogP contribution in [0.25, 0.3) is 0 Å². The van der Waals surface area contributed by atoms with Crippen molar-refractivity contribution in [3.63, 3.8) is 0 Å². The highest BCUT2D eigenvalue weighted by molar-refractivity contribution is 5.83. The summed E-state index contributed by atoms with van der Waals surface area (Å²) in [6.45, 7) is 8.10. The fraction of sp³-hybridized carbons (Fsp3) is 0.870. The molecular weight excluding hydrogens is 446 g/mol. The van der Waals surface area contributed by atoms with Crippen LogP contribution in [0, 0.1) is 0 Å². The summed E-state index contributed by atoms with van der Waals surface area (Å²) in [4.78, 5) is 35.6. The van der Waals surface area contributed by atoms with Crippen molar-refractivity contribution in [1.82, 2.24) is 16.0 Å². The van der Waals surface area contributed by atoms with Gasteiger partial charge in [-0.3, -0.25) is 14.4 Å². The summed E-state index contributed by atoms with van der Waals surface area (Å²) in [5.41, 5.74) is 0. The van der Waals surface area contributed by atoms with E-state index in [1.807, 2.05) is 13.8 Å². The van der Waals surface area contributed by atoms with Crippen LogP contribution in [0.5, 0.6) is 0 Å². The maximum Gasteiger partial charge on any atom is 0.220 e. The lowest BCUT2D eigenvalue weighted by atomic mass is 9.97. The van der Waals surface area contributed by atoms with E-state index in [9.17, 15) is 14.4 Å². The Kier molecular flexibility index (Phi) is 8.56. The Morgan fingerprint density at radius 1 is 0.824 bits per heavy atom. The van der Waals surface area contributed by atoms with Crippen molar-refractivity contribution >= 4 is 17.7 Å². The lowest BCUT2D eigenvalue weighted by Crippen LogP contribution is -2.62. The van der Waals surface area contributed by atoms with Crippen molar-refractivity contribution in [2.45, 2.75) is 102 Å². The van der Waals surface area contributed by atoms with E-state index in [2.05, 4.69) is 16.0 Å². The molecule has 3 N–H and O–H groups in total. The van der Waals surface area contributed by atoms with Crippen LogP contribution in [0.4, 0.5) is 0 Å². The lowest BCUT2D eigenvalue weighted by molar-refractivity contribution is -0.277. The summed E-state index contributed by atoms with van der Waals surface area (Å²) >= 11 is 0. The van der Waals surface area contributed by atoms with Crippen LogP contribution in [0.1, 0.15) is 66.2 Å². The first-order valence-electron chi connectivity index (χ1n) is 12.1. The number of ether oxygens (including phenoxy) is 5. The van der Waals surface area contributed by atoms with E-state index in [0.717, 1.165) is 19.3 Å². The van der Waals surface area contributed by atoms with Crippen molar-refractivity contribution in [3.8, 4) is 0 Å². The van der Waals surface area contributed by atoms with E-state index >= 15 is 0 Å². The van der Waals surface area contributed by atoms with Gasteiger partial charge in [-0.25, -0.2) is 0 Å². The largest absolute Gasteiger partial charge is 0.359 e. The molecule has 34 heavy (non-hydrogen) atoms. The molecule has 0 spiro atoms. The molecule has 0 aromatic rings. The topological polar surface area (TPSA) is 133 Å². The van der Waals surface area contributed by atoms with Gasteiger partial charge in [-0.15, -0.1) is 0 Å². The minimum Gasteiger partial charge on any atom is -0.359 e. The minimum absolute atomic E-state index is 0.0189. The molecule has 3 rings (SSSR count). The molecule has 0 saturated carbocycles. The van der Waals surface area contributed by atoms with Gasteiger partial charge in [0.15, 0.2) is 11.6 Å². The SMILES string of the molecule is CNC(=O)CCCCCNC(=O)CCC(=O)NC[C@@]12OC[C@H]3OC(C)(C)O[C@H]3[C@@H]1OC(C)(C)O2. The molecule has 0 unspecified atom stereocenters. The second kappa shape index (κ2) is 10.9. The number of carbonyl (C=O) groups excluding carboxylic acids is 3. The predicted molar refractivity (Wildman–Crippen MR) is 120 cm³/mol. The molecule has 0 aromatic heterocycles. The quantitative estimate of drug-likeness (QED) is 0.364. The third-order valence-electron chi connectivity index (χ3n) is 6.07. The van der Waals surface area contributed by atoms with Gasteiger partial charge in [0, 0.05) is 32.9 Å². The summed E-state index contributed by atoms with van der Waals surface area (Å²) in [6, 6.07) is 0. The van der Waals surface area contributed by atoms with Gasteiger partial charge in [0.25, 0.3) is 0 Å². The average molecular weight is 486 g/mol. The predicted octanol–water partition coefficient (Wildman–Crippen LogP) is 0.704. The van der Waals surface area contributed by atoms with Crippen molar-refractivity contribution in [3.05, 3.63) is 0 Å². The molecule has 11 nitrogen and oxygen atoms in total. The van der Waals surface area contributed by atoms with E-state index in [0.29, 0.717) is 13.0 Å². The molecule has 0 aliphatic carbocycles. The molecule has 3 amide bonds. The summed E-state index contributed by atoms with van der Waals surface area (Å²) in [5, 5.41) is 8.21. The van der Waals surface area contributed by atoms with Gasteiger partial charge in [0.2, 0.25) is 23.5 Å². The zero-order chi connectivity index (χ0) is 25.0. The van der Waals surface area contributed by atoms with Crippen LogP contribution < -0.4 is 16.0 Å². The molecule has 4 atom stereocenters. The maximum atomic E-state index is 12.4. The van der Waals surface area contributed by atoms with Gasteiger partial charge < -0.3 is 39.6 Å². The third kappa shape index (κ3) is 6.88. The van der Waals surface area contributed by atoms with Gasteiger partial charge in [-0.2, -0.15) is 0 Å². The standard InChI is InChI=1S/C23H39N3O8/c1-21(2)31-15-13-30-23(20(19(15)32-21)33-22(3,4)34-23)14-26-18(29)11-10-17(28)25-12-8-6-7-9-16(27)24-5/h15,19-20H,6-14H2,1-5H3,(H,24,27)(H,25,28)(H,26,29)/t15-,19-,20+,23+/m1/s1. The molecule has 3 heterocycles. The van der Waals surface area contributed by atoms with E-state index in [4.69, 9.17) is 23.7 Å². The Bertz CT molecular complexity index is 758. The van der Waals surface area contributed by atoms with Gasteiger partial charge in [0.1, 0.15) is 18.3 Å². The number of nitrogens with one attached hydrogen (secondary N) is 3. The van der Waals surface area contributed by atoms with E-state index in [1.54, 1.807) is 20.9 Å². The minimum atomic E-state index is -1.19. The van der Waals surface area contributed by atoms with Gasteiger partial charge in [0.05, 0.1) is 13.2 Å². The van der Waals surface area contributed by atoms with Crippen molar-refractivity contribution in [2.24, 2.45) is 0 Å². The molecular formula is C23H39N3O8. The summed E-state index contributed by atoms with van der Waals surface area (Å²) in [7, 11) is 1.61. The Hall–Kier alpha value is -1.79. The maximum absolute atomic E-state index is 12.4. The number of carbonyl (C=O) groups is 3. The second-order valence-electron chi connectivity index (χ2n) is 9.91. The Morgan fingerprint density at radius 3 is 2.24 bits per heavy atom. The lowest BCUT2D eigenvalue weighted by Gasteiger charge is -2.40. The molecule has 0 bridgehead atoms. The van der Waals surface area contributed by atoms with Gasteiger partial charge in [-0.1, -0.05) is 6.42 Å². The van der Waals surface area contributed by atoms with E-state index in [1.165, 1.54) is 0 Å². The first-order valence-corrected chi connectivity index (χ1v) is 12.1. The van der Waals surface area contributed by atoms with Crippen LogP contribution in [-0.4, -0.2) is 80.1 Å². The van der Waals surface area contributed by atoms with Crippen LogP contribution in [0.15, 0.2) is 0 Å². The third-order valence-corrected chi connectivity index (χ3v) is 6.07. The second-order valence-corrected chi connectivity index (χ2v) is 9.91. The number of amides is 3. The molecule has 0 radical (unpaired) electrons. The van der Waals surface area contributed by atoms with Gasteiger partial charge >= 0.3 is 0 Å². The van der Waals surface area contributed by atoms with Crippen LogP contribution in [-0.2, 0) is 38.1 Å². The van der Waals surface area contributed by atoms with E-state index in [-0.39, 0.29) is 55.9 Å². The van der Waals surface area contributed by atoms with Crippen molar-refractivity contribution in [2.75, 3.05) is 26.7 Å². The van der Waals surface area contributed by atoms with Crippen LogP contribution in [0.2, 0.25) is 0 Å². The number of fused-ring (bicyclic) bond motifs is 3. The summed E-state index contributed by atoms with van der Waals surface area (Å²) in [5.74, 6) is -3.32. The van der Waals surface area contributed by atoms with E-state index < -0.39 is 23.5 Å². The summed E-state index contributed by atoms with van der Waals surface area (Å²) in [6.07, 6.45) is 1.79. The van der Waals surface area contributed by atoms with Crippen molar-refractivity contribution in [1.29, 1.82) is 0 Å². The highest BCUT2D eigenvalue weighted by Gasteiger charge is 2.65. The molecule has 0 aromatic carbocycles. The number of rotatable bonds is 11. The molecule has 11 heteroatoms. The number of hydrogen-bond acceptors (Lipinski definition) is 8. The zero-order valence-corrected chi connectivity index (χ0v) is 20.9. The fourth-order valence-electron chi connectivity index (χ4n) is 4.55. The highest BCUT2D eigenvalue weighted by atomic mass is 16.9. The van der Waals surface area contributed by atoms with Crippen molar-refractivity contribution < 1.29 is 38.1 Å². The normalized spacial score (nSPS) is 30.8. The fourth-order valence-corrected chi connectivity index (χ4v) is 4.55. The Balaban J connectivity index is 1.40. The molecule has 3 saturated heterocycles. The Labute approximate surface area is 200 Å². The number of hydrogen-bond donors (Lipinski definition) is 3. The summed E-state index contributed by atoms with van der Waals surface area (Å²) < 4.78 is 30.2. The molecule has 3 aliphatic heterocycles. The van der Waals surface area contributed by atoms with Crippen LogP contribution >= 0.6 is 0 Å². The smallest absolute Gasteiger partial charge is 0.220 e. The molecule has 3 fully saturated rings. The monoisotopic (exact) mass is 485 g/mol. The Morgan fingerprint density at radius 2 is 1.53 bits per heavy atom. The first kappa shape index (κ1) is 26.8. The first-order chi connectivity index (χ1) is 16.0. The highest BCUT2D eigenvalue weighted by Crippen LogP contribution is 2.47. The average Bonchev–Trinajstić information content (AvgIpc) is 3.24. The zero-order valence-electron chi connectivity index (χ0n) is 20.9. The molecule has 3 aliphatic rings. The van der Waals surface area contributed by atoms with Gasteiger partial charge in [-0.05, 0) is 40.5 Å².